The van der Waals surface area contributed by atoms with Crippen molar-refractivity contribution < 1.29 is 82.9 Å². The van der Waals surface area contributed by atoms with Crippen molar-refractivity contribution in [2.24, 2.45) is 41.4 Å². The summed E-state index contributed by atoms with van der Waals surface area (Å²) in [4.78, 5) is 40.2. The molecule has 5 heterocycles. The zero-order valence-corrected chi connectivity index (χ0v) is 41.8. The fourth-order valence-corrected chi connectivity index (χ4v) is 11.5. The van der Waals surface area contributed by atoms with E-state index in [0.29, 0.717) is 63.5 Å². The van der Waals surface area contributed by atoms with Crippen molar-refractivity contribution in [3.8, 4) is 0 Å². The molecule has 0 bridgehead atoms. The van der Waals surface area contributed by atoms with Crippen molar-refractivity contribution in [2.75, 3.05) is 5.32 Å². The second-order valence-electron chi connectivity index (χ2n) is 19.9. The molecule has 1 aromatic rings. The second kappa shape index (κ2) is 20.9. The van der Waals surface area contributed by atoms with E-state index in [1.165, 1.54) is 0 Å². The number of anilines is 1. The number of carboxylic acids is 1. The number of aliphatic hydroxyl groups excluding tert-OH is 1. The van der Waals surface area contributed by atoms with Gasteiger partial charge in [-0.1, -0.05) is 79.7 Å². The number of aliphatic hydroxyl groups is 2. The maximum Gasteiger partial charge on any atom is 1.00 e. The third-order valence-corrected chi connectivity index (χ3v) is 15.8. The summed E-state index contributed by atoms with van der Waals surface area (Å²) in [5.41, 5.74) is -1.10. The number of rotatable bonds is 14. The monoisotopic (exact) mass is 891 g/mol. The first-order chi connectivity index (χ1) is 29.3. The molecule has 5 aliphatic heterocycles. The average molecular weight is 891 g/mol. The van der Waals surface area contributed by atoms with Gasteiger partial charge in [-0.15, -0.1) is 0 Å². The van der Waals surface area contributed by atoms with Crippen LogP contribution >= 0.6 is 0 Å². The zero-order valence-electron chi connectivity index (χ0n) is 39.8. The van der Waals surface area contributed by atoms with Gasteiger partial charge in [-0.25, -0.2) is 4.79 Å². The number of nitrogens with one attached hydrogen (secondary N) is 2. The number of para-hydroxylation sites is 1. The van der Waals surface area contributed by atoms with Gasteiger partial charge < -0.3 is 54.4 Å². The van der Waals surface area contributed by atoms with Gasteiger partial charge in [0.2, 0.25) is 0 Å². The number of hydrogen-bond acceptors (Lipinski definition) is 11. The molecular weight excluding hydrogens is 816 g/mol. The van der Waals surface area contributed by atoms with E-state index in [-0.39, 0.29) is 59.2 Å². The van der Waals surface area contributed by atoms with Gasteiger partial charge in [0, 0.05) is 47.7 Å². The van der Waals surface area contributed by atoms with Crippen LogP contribution in [0.25, 0.3) is 0 Å². The minimum Gasteiger partial charge on any atom is -0.550 e. The van der Waals surface area contributed by atoms with Crippen molar-refractivity contribution in [3.63, 3.8) is 0 Å². The van der Waals surface area contributed by atoms with E-state index >= 15 is 0 Å². The Kier molecular flexibility index (Phi) is 17.3. The maximum atomic E-state index is 14.7. The first-order valence-corrected chi connectivity index (χ1v) is 23.6. The quantitative estimate of drug-likeness (QED) is 0.158. The van der Waals surface area contributed by atoms with Crippen LogP contribution in [-0.2, 0) is 33.3 Å². The molecule has 2 amide bonds. The van der Waals surface area contributed by atoms with Gasteiger partial charge in [-0.3, -0.25) is 4.79 Å². The third kappa shape index (κ3) is 10.6. The molecule has 13 nitrogen and oxygen atoms in total. The standard InChI is InChI=1S/C49H76N2O11.Na/c1-11-35(44(54)55)37-20-19-28(4)42(59-37)32(8)40(52)31(7)41(53)36(12-2)43-29(5)27-30(6)48(60-43)24-21-38(51-45(56)50-34-17-15-14-16-18-34)49(62-48)26-25-46(10,61-49)39-22-23-47(57,13-3)33(9)58-39;/h14-18,21,24,28-33,35-40,42-43,52,57H,11-13,19-20,22-23,25-27H2,1-10H3,(H,54,55)(H2,50,51,56);/q;+1/p-1/t28-,29-,30+,31-,32-,33-,35+,36-,37+,38-,39+,40+,42+,43-,46-,47+,48-,49-;/m0./s1. The predicted octanol–water partition coefficient (Wildman–Crippen LogP) is 3.69. The fraction of sp³-hybridized carbons (Fsp3) is 0.776. The number of carboxylic acid groups (broad SMARTS) is 1. The summed E-state index contributed by atoms with van der Waals surface area (Å²) in [6, 6.07) is 8.06. The van der Waals surface area contributed by atoms with E-state index < -0.39 is 95.0 Å². The van der Waals surface area contributed by atoms with E-state index in [1.54, 1.807) is 6.92 Å². The molecule has 4 N–H and O–H groups in total. The predicted molar refractivity (Wildman–Crippen MR) is 232 cm³/mol. The molecule has 14 heteroatoms. The van der Waals surface area contributed by atoms with Crippen molar-refractivity contribution >= 4 is 23.5 Å². The summed E-state index contributed by atoms with van der Waals surface area (Å²) in [6.45, 7) is 19.5. The average Bonchev–Trinajstić information content (AvgIpc) is 3.59. The number of ether oxygens (including phenoxy) is 5. The van der Waals surface area contributed by atoms with E-state index in [9.17, 15) is 29.7 Å². The summed E-state index contributed by atoms with van der Waals surface area (Å²) in [5, 5.41) is 41.1. The Morgan fingerprint density at radius 2 is 1.57 bits per heavy atom. The Labute approximate surface area is 397 Å². The first-order valence-electron chi connectivity index (χ1n) is 23.6. The molecule has 5 aliphatic rings. The van der Waals surface area contributed by atoms with Crippen LogP contribution in [0.4, 0.5) is 10.5 Å². The number of aliphatic carboxylic acids is 1. The molecule has 18 atom stereocenters. The molecule has 2 spiro atoms. The maximum absolute atomic E-state index is 14.7. The molecule has 0 saturated carbocycles. The van der Waals surface area contributed by atoms with Crippen LogP contribution in [0, 0.1) is 41.4 Å². The first kappa shape index (κ1) is 52.1. The molecular formula is C49H75N2NaO11. The van der Waals surface area contributed by atoms with Crippen LogP contribution in [0.15, 0.2) is 42.5 Å². The smallest absolute Gasteiger partial charge is 0.550 e. The summed E-state index contributed by atoms with van der Waals surface area (Å²) >= 11 is 0. The van der Waals surface area contributed by atoms with Gasteiger partial charge in [0.25, 0.3) is 0 Å². The topological polar surface area (TPSA) is 185 Å². The molecule has 348 valence electrons. The largest absolute Gasteiger partial charge is 1.00 e. The Balaban J connectivity index is 0.00000748. The van der Waals surface area contributed by atoms with E-state index in [2.05, 4.69) is 31.4 Å². The minimum absolute atomic E-state index is 0. The third-order valence-electron chi connectivity index (χ3n) is 15.8. The molecule has 1 aromatic carbocycles. The molecule has 0 aromatic heterocycles. The number of carbonyl (C=O) groups is 3. The number of urea groups is 1. The van der Waals surface area contributed by atoms with Crippen molar-refractivity contribution in [2.45, 2.75) is 199 Å². The Morgan fingerprint density at radius 1 is 0.889 bits per heavy atom. The number of ketones is 1. The second-order valence-corrected chi connectivity index (χ2v) is 19.9. The van der Waals surface area contributed by atoms with Gasteiger partial charge in [0.15, 0.2) is 11.6 Å². The Bertz CT molecular complexity index is 1750. The van der Waals surface area contributed by atoms with Crippen LogP contribution in [0.5, 0.6) is 0 Å². The molecule has 6 rings (SSSR count). The summed E-state index contributed by atoms with van der Waals surface area (Å²) in [7, 11) is 0. The normalized spacial score (nSPS) is 40.3. The number of Topliss-reactive ketones (excluding diaryl/α,β-unsaturated/α-hetero) is 1. The number of benzene rings is 1. The fourth-order valence-electron chi connectivity index (χ4n) is 11.5. The van der Waals surface area contributed by atoms with Crippen LogP contribution in [-0.4, -0.2) is 93.4 Å². The van der Waals surface area contributed by atoms with E-state index in [1.807, 2.05) is 84.0 Å². The van der Waals surface area contributed by atoms with Crippen LogP contribution in [0.1, 0.15) is 133 Å². The minimum atomic E-state index is -1.37. The van der Waals surface area contributed by atoms with Crippen LogP contribution in [0.2, 0.25) is 0 Å². The molecule has 4 saturated heterocycles. The molecule has 0 radical (unpaired) electrons. The molecule has 4 fully saturated rings. The Hall–Kier alpha value is -1.91. The molecule has 63 heavy (non-hydrogen) atoms. The van der Waals surface area contributed by atoms with Gasteiger partial charge in [-0.2, -0.15) is 0 Å². The number of carbonyl (C=O) groups excluding carboxylic acids is 3. The van der Waals surface area contributed by atoms with Crippen molar-refractivity contribution in [1.82, 2.24) is 5.32 Å². The molecule has 0 aliphatic carbocycles. The van der Waals surface area contributed by atoms with Crippen LogP contribution in [0.3, 0.4) is 0 Å². The SMILES string of the molecule is CC[C@@H](C(=O)[C@@H](C)[C@@H](O)[C@H](C)[C@@H]1O[C@@H]([C@@H](CC)C(=O)[O-])CC[C@@H]1C)[C@H]1O[C@]2(C=C[C@H](NC(=O)Nc3ccccc3)[C@]3(CC[C@@](C)([C@H]4CC[C@](O)(CC)[C@H](C)O4)O3)O2)[C@H](C)C[C@@H]1C.[Na+]. The zero-order chi connectivity index (χ0) is 45.4. The van der Waals surface area contributed by atoms with Gasteiger partial charge in [0.1, 0.15) is 11.8 Å². The molecule has 0 unspecified atom stereocenters. The Morgan fingerprint density at radius 3 is 2.19 bits per heavy atom. The number of hydrogen-bond donors (Lipinski definition) is 4. The van der Waals surface area contributed by atoms with Crippen LogP contribution < -0.4 is 45.3 Å². The van der Waals surface area contributed by atoms with Gasteiger partial charge >= 0.3 is 35.6 Å². The number of amides is 2. The summed E-state index contributed by atoms with van der Waals surface area (Å²) < 4.78 is 34.5. The summed E-state index contributed by atoms with van der Waals surface area (Å²) in [5.74, 6) is -6.54. The van der Waals surface area contributed by atoms with Gasteiger partial charge in [0.05, 0.1) is 47.8 Å². The van der Waals surface area contributed by atoms with Crippen molar-refractivity contribution in [1.29, 1.82) is 0 Å². The van der Waals surface area contributed by atoms with Gasteiger partial charge in [-0.05, 0) is 102 Å². The van der Waals surface area contributed by atoms with E-state index in [4.69, 9.17) is 23.7 Å². The van der Waals surface area contributed by atoms with E-state index in [0.717, 1.165) is 6.42 Å². The van der Waals surface area contributed by atoms with Crippen molar-refractivity contribution in [3.05, 3.63) is 42.5 Å². The summed E-state index contributed by atoms with van der Waals surface area (Å²) in [6.07, 6.45) is 6.13.